The number of benzene rings is 2. The minimum Gasteiger partial charge on any atom is -0.266 e. The standard InChI is InChI=1S/C23H20FN3OS/c1-23(2,3)17-9-4-16(5-10-17)14-19-21(28)27-22(29-19)25-20(26-27)13-8-15-6-11-18(24)12-7-15/h4-14H,1-3H3/b13-8+,19-14-. The number of hydrogen-bond acceptors (Lipinski definition) is 4. The van der Waals surface area contributed by atoms with Crippen LogP contribution in [0, 0.1) is 5.82 Å². The molecule has 4 nitrogen and oxygen atoms in total. The van der Waals surface area contributed by atoms with Crippen molar-refractivity contribution >= 4 is 34.5 Å². The number of hydrogen-bond donors (Lipinski definition) is 0. The van der Waals surface area contributed by atoms with Gasteiger partial charge in [-0.15, -0.1) is 5.10 Å². The fourth-order valence-corrected chi connectivity index (χ4v) is 3.81. The minimum atomic E-state index is -0.282. The van der Waals surface area contributed by atoms with Crippen molar-refractivity contribution in [2.45, 2.75) is 26.2 Å². The summed E-state index contributed by atoms with van der Waals surface area (Å²) >= 11 is 1.31. The van der Waals surface area contributed by atoms with E-state index in [2.05, 4.69) is 43.0 Å². The topological polar surface area (TPSA) is 47.3 Å². The van der Waals surface area contributed by atoms with Gasteiger partial charge in [0.15, 0.2) is 5.82 Å². The monoisotopic (exact) mass is 405 g/mol. The first-order chi connectivity index (χ1) is 13.8. The zero-order valence-corrected chi connectivity index (χ0v) is 17.2. The molecule has 0 aliphatic rings. The lowest BCUT2D eigenvalue weighted by Crippen LogP contribution is -2.23. The Kier molecular flexibility index (Phi) is 4.88. The maximum absolute atomic E-state index is 13.0. The van der Waals surface area contributed by atoms with E-state index < -0.39 is 0 Å². The van der Waals surface area contributed by atoms with E-state index in [1.165, 1.54) is 33.5 Å². The molecule has 146 valence electrons. The number of nitrogens with zero attached hydrogens (tertiary/aromatic N) is 3. The van der Waals surface area contributed by atoms with Crippen molar-refractivity contribution in [1.29, 1.82) is 0 Å². The van der Waals surface area contributed by atoms with Crippen LogP contribution in [-0.4, -0.2) is 14.6 Å². The Bertz CT molecular complexity index is 1290. The van der Waals surface area contributed by atoms with Crippen LogP contribution in [0.3, 0.4) is 0 Å². The Morgan fingerprint density at radius 2 is 1.62 bits per heavy atom. The van der Waals surface area contributed by atoms with Gasteiger partial charge in [-0.2, -0.15) is 9.50 Å². The second kappa shape index (κ2) is 7.37. The van der Waals surface area contributed by atoms with Gasteiger partial charge in [0.2, 0.25) is 4.96 Å². The van der Waals surface area contributed by atoms with Gasteiger partial charge in [-0.1, -0.05) is 74.6 Å². The summed E-state index contributed by atoms with van der Waals surface area (Å²) in [5.41, 5.74) is 2.96. The van der Waals surface area contributed by atoms with Gasteiger partial charge in [0, 0.05) is 0 Å². The van der Waals surface area contributed by atoms with Crippen LogP contribution in [0.4, 0.5) is 4.39 Å². The number of fused-ring (bicyclic) bond motifs is 1. The van der Waals surface area contributed by atoms with Crippen LogP contribution in [0.2, 0.25) is 0 Å². The van der Waals surface area contributed by atoms with E-state index in [1.807, 2.05) is 18.2 Å². The highest BCUT2D eigenvalue weighted by molar-refractivity contribution is 7.15. The lowest BCUT2D eigenvalue weighted by Gasteiger charge is -2.18. The Balaban J connectivity index is 1.62. The van der Waals surface area contributed by atoms with Gasteiger partial charge in [0.05, 0.1) is 4.53 Å². The average Bonchev–Trinajstić information content (AvgIpc) is 3.20. The number of thiazole rings is 1. The molecule has 2 aromatic carbocycles. The smallest absolute Gasteiger partial charge is 0.266 e. The molecule has 0 amide bonds. The van der Waals surface area contributed by atoms with Crippen LogP contribution in [0.1, 0.15) is 43.3 Å². The first-order valence-corrected chi connectivity index (χ1v) is 10.1. The van der Waals surface area contributed by atoms with E-state index in [0.717, 1.165) is 11.1 Å². The van der Waals surface area contributed by atoms with Gasteiger partial charge in [0.1, 0.15) is 5.82 Å². The molecule has 2 heterocycles. The van der Waals surface area contributed by atoms with Crippen LogP contribution in [0.5, 0.6) is 0 Å². The first kappa shape index (κ1) is 19.2. The maximum atomic E-state index is 13.0. The molecule has 2 aromatic heterocycles. The molecule has 0 aliphatic carbocycles. The summed E-state index contributed by atoms with van der Waals surface area (Å²) in [5, 5.41) is 4.28. The lowest BCUT2D eigenvalue weighted by atomic mass is 9.87. The molecule has 0 saturated heterocycles. The predicted molar refractivity (Wildman–Crippen MR) is 116 cm³/mol. The van der Waals surface area contributed by atoms with Crippen molar-refractivity contribution in [3.8, 4) is 0 Å². The molecule has 0 radical (unpaired) electrons. The third kappa shape index (κ3) is 4.17. The second-order valence-electron chi connectivity index (χ2n) is 7.84. The van der Waals surface area contributed by atoms with E-state index in [4.69, 9.17) is 0 Å². The van der Waals surface area contributed by atoms with Crippen LogP contribution in [0.15, 0.2) is 53.3 Å². The van der Waals surface area contributed by atoms with E-state index in [9.17, 15) is 9.18 Å². The number of rotatable bonds is 3. The third-order valence-electron chi connectivity index (χ3n) is 4.57. The molecule has 4 aromatic rings. The average molecular weight is 405 g/mol. The van der Waals surface area contributed by atoms with Gasteiger partial charge in [-0.25, -0.2) is 4.39 Å². The van der Waals surface area contributed by atoms with Crippen molar-refractivity contribution in [2.24, 2.45) is 0 Å². The normalized spacial score (nSPS) is 13.0. The second-order valence-corrected chi connectivity index (χ2v) is 8.85. The summed E-state index contributed by atoms with van der Waals surface area (Å²) < 4.78 is 14.9. The highest BCUT2D eigenvalue weighted by Crippen LogP contribution is 2.22. The molecule has 6 heteroatoms. The van der Waals surface area contributed by atoms with E-state index in [0.29, 0.717) is 15.3 Å². The Hall–Kier alpha value is -3.12. The van der Waals surface area contributed by atoms with E-state index >= 15 is 0 Å². The summed E-state index contributed by atoms with van der Waals surface area (Å²) in [6.45, 7) is 6.51. The molecule has 0 unspecified atom stereocenters. The molecular formula is C23H20FN3OS. The van der Waals surface area contributed by atoms with Crippen molar-refractivity contribution in [3.63, 3.8) is 0 Å². The van der Waals surface area contributed by atoms with Gasteiger partial charge in [0.25, 0.3) is 5.56 Å². The molecule has 0 saturated carbocycles. The van der Waals surface area contributed by atoms with E-state index in [-0.39, 0.29) is 16.8 Å². The molecule has 0 fully saturated rings. The Morgan fingerprint density at radius 1 is 0.966 bits per heavy atom. The van der Waals surface area contributed by atoms with Crippen molar-refractivity contribution in [1.82, 2.24) is 14.6 Å². The van der Waals surface area contributed by atoms with Crippen LogP contribution < -0.4 is 10.1 Å². The predicted octanol–water partition coefficient (Wildman–Crippen LogP) is 4.31. The zero-order chi connectivity index (χ0) is 20.6. The minimum absolute atomic E-state index is 0.0909. The SMILES string of the molecule is CC(C)(C)c1ccc(/C=c2\sc3nc(/C=C/c4ccc(F)cc4)nn3c2=O)cc1. The molecule has 0 aliphatic heterocycles. The van der Waals surface area contributed by atoms with Gasteiger partial charge in [-0.3, -0.25) is 4.79 Å². The Labute approximate surface area is 171 Å². The molecule has 4 rings (SSSR count). The quantitative estimate of drug-likeness (QED) is 0.510. The molecule has 29 heavy (non-hydrogen) atoms. The largest absolute Gasteiger partial charge is 0.291 e. The maximum Gasteiger partial charge on any atom is 0.291 e. The van der Waals surface area contributed by atoms with Crippen molar-refractivity contribution < 1.29 is 4.39 Å². The summed E-state index contributed by atoms with van der Waals surface area (Å²) in [6, 6.07) is 14.3. The summed E-state index contributed by atoms with van der Waals surface area (Å²) in [5.74, 6) is 0.161. The lowest BCUT2D eigenvalue weighted by molar-refractivity contribution is 0.590. The Morgan fingerprint density at radius 3 is 2.24 bits per heavy atom. The number of halogens is 1. The molecule has 0 N–H and O–H groups in total. The van der Waals surface area contributed by atoms with Crippen molar-refractivity contribution in [2.75, 3.05) is 0 Å². The van der Waals surface area contributed by atoms with Crippen molar-refractivity contribution in [3.05, 3.63) is 91.7 Å². The molecule has 0 spiro atoms. The molecular weight excluding hydrogens is 385 g/mol. The fraction of sp³-hybridized carbons (Fsp3) is 0.174. The summed E-state index contributed by atoms with van der Waals surface area (Å²) in [7, 11) is 0. The van der Waals surface area contributed by atoms with Gasteiger partial charge in [-0.05, 0) is 46.4 Å². The first-order valence-electron chi connectivity index (χ1n) is 9.25. The number of aromatic nitrogens is 3. The molecule has 0 atom stereocenters. The fourth-order valence-electron chi connectivity index (χ4n) is 2.89. The van der Waals surface area contributed by atoms with E-state index in [1.54, 1.807) is 24.3 Å². The summed E-state index contributed by atoms with van der Waals surface area (Å²) in [6.07, 6.45) is 5.36. The third-order valence-corrected chi connectivity index (χ3v) is 5.53. The zero-order valence-electron chi connectivity index (χ0n) is 16.4. The van der Waals surface area contributed by atoms with Crippen LogP contribution >= 0.6 is 11.3 Å². The van der Waals surface area contributed by atoms with Crippen LogP contribution in [0.25, 0.3) is 23.2 Å². The highest BCUT2D eigenvalue weighted by atomic mass is 32.1. The molecule has 0 bridgehead atoms. The van der Waals surface area contributed by atoms with Gasteiger partial charge < -0.3 is 0 Å². The summed E-state index contributed by atoms with van der Waals surface area (Å²) in [4.78, 5) is 17.6. The highest BCUT2D eigenvalue weighted by Gasteiger charge is 2.13. The van der Waals surface area contributed by atoms with Gasteiger partial charge >= 0.3 is 0 Å². The van der Waals surface area contributed by atoms with Crippen LogP contribution in [-0.2, 0) is 5.41 Å².